The quantitative estimate of drug-likeness (QED) is 0.938. The van der Waals surface area contributed by atoms with Gasteiger partial charge in [-0.25, -0.2) is 4.98 Å². The number of carbonyl (C=O) groups excluding carboxylic acids is 1. The summed E-state index contributed by atoms with van der Waals surface area (Å²) in [5.74, 6) is 1.14. The number of nitrogens with zero attached hydrogens (tertiary/aromatic N) is 3. The smallest absolute Gasteiger partial charge is 0.241 e. The molecule has 126 valence electrons. The van der Waals surface area contributed by atoms with Gasteiger partial charge in [-0.3, -0.25) is 4.79 Å². The maximum Gasteiger partial charge on any atom is 0.241 e. The van der Waals surface area contributed by atoms with Gasteiger partial charge < -0.3 is 15.1 Å². The molecular formula is C19H24N4O. The van der Waals surface area contributed by atoms with Gasteiger partial charge in [-0.15, -0.1) is 0 Å². The van der Waals surface area contributed by atoms with E-state index in [0.29, 0.717) is 6.54 Å². The molecule has 0 atom stereocenters. The van der Waals surface area contributed by atoms with E-state index in [4.69, 9.17) is 0 Å². The minimum Gasteiger partial charge on any atom is -0.376 e. The molecule has 24 heavy (non-hydrogen) atoms. The van der Waals surface area contributed by atoms with Gasteiger partial charge in [-0.1, -0.05) is 24.3 Å². The Morgan fingerprint density at radius 2 is 1.75 bits per heavy atom. The van der Waals surface area contributed by atoms with Crippen LogP contribution in [0.15, 0.2) is 42.6 Å². The van der Waals surface area contributed by atoms with Crippen LogP contribution in [-0.2, 0) is 4.79 Å². The zero-order valence-corrected chi connectivity index (χ0v) is 14.3. The van der Waals surface area contributed by atoms with Gasteiger partial charge in [0.15, 0.2) is 0 Å². The van der Waals surface area contributed by atoms with Crippen LogP contribution in [0.25, 0.3) is 0 Å². The van der Waals surface area contributed by atoms with Crippen LogP contribution in [0.3, 0.4) is 0 Å². The summed E-state index contributed by atoms with van der Waals surface area (Å²) in [5.41, 5.74) is 3.41. The van der Waals surface area contributed by atoms with Crippen molar-refractivity contribution in [3.63, 3.8) is 0 Å². The van der Waals surface area contributed by atoms with E-state index < -0.39 is 0 Å². The molecule has 1 fully saturated rings. The number of para-hydroxylation sites is 1. The number of nitrogens with one attached hydrogen (secondary N) is 1. The number of anilines is 2. The summed E-state index contributed by atoms with van der Waals surface area (Å²) in [6.07, 6.45) is 1.81. The highest BCUT2D eigenvalue weighted by molar-refractivity contribution is 5.81. The summed E-state index contributed by atoms with van der Waals surface area (Å²) in [6.45, 7) is 7.60. The molecule has 1 N–H and O–H groups in total. The molecule has 0 radical (unpaired) electrons. The molecule has 2 aromatic rings. The van der Waals surface area contributed by atoms with Gasteiger partial charge in [0, 0.05) is 38.1 Å². The lowest BCUT2D eigenvalue weighted by molar-refractivity contribution is -0.129. The summed E-state index contributed by atoms with van der Waals surface area (Å²) in [6, 6.07) is 12.1. The van der Waals surface area contributed by atoms with Crippen molar-refractivity contribution < 1.29 is 4.79 Å². The van der Waals surface area contributed by atoms with Crippen molar-refractivity contribution in [1.82, 2.24) is 9.88 Å². The van der Waals surface area contributed by atoms with Crippen LogP contribution in [0.4, 0.5) is 11.5 Å². The molecule has 1 aromatic carbocycles. The minimum atomic E-state index is 0.151. The zero-order chi connectivity index (χ0) is 16.9. The maximum absolute atomic E-state index is 12.5. The normalized spacial score (nSPS) is 14.6. The van der Waals surface area contributed by atoms with Crippen LogP contribution in [0.2, 0.25) is 0 Å². The third-order valence-corrected chi connectivity index (χ3v) is 4.50. The molecule has 0 saturated carbocycles. The highest BCUT2D eigenvalue weighted by Gasteiger charge is 2.21. The Kier molecular flexibility index (Phi) is 4.99. The third kappa shape index (κ3) is 3.67. The lowest BCUT2D eigenvalue weighted by Crippen LogP contribution is -2.50. The van der Waals surface area contributed by atoms with E-state index in [2.05, 4.69) is 41.2 Å². The van der Waals surface area contributed by atoms with Crippen LogP contribution < -0.4 is 10.2 Å². The van der Waals surface area contributed by atoms with Crippen molar-refractivity contribution >= 4 is 17.4 Å². The van der Waals surface area contributed by atoms with E-state index in [-0.39, 0.29) is 5.91 Å². The van der Waals surface area contributed by atoms with Crippen LogP contribution in [-0.4, -0.2) is 48.5 Å². The Morgan fingerprint density at radius 3 is 2.38 bits per heavy atom. The summed E-state index contributed by atoms with van der Waals surface area (Å²) < 4.78 is 0. The number of aromatic nitrogens is 1. The largest absolute Gasteiger partial charge is 0.376 e. The lowest BCUT2D eigenvalue weighted by atomic mass is 10.1. The second-order valence-corrected chi connectivity index (χ2v) is 6.18. The Hall–Kier alpha value is -2.56. The minimum absolute atomic E-state index is 0.151. The fraction of sp³-hybridized carbons (Fsp3) is 0.368. The number of aryl methyl sites for hydroxylation is 2. The maximum atomic E-state index is 12.5. The van der Waals surface area contributed by atoms with Crippen molar-refractivity contribution in [2.24, 2.45) is 0 Å². The number of piperazine rings is 1. The molecule has 3 rings (SSSR count). The molecule has 5 heteroatoms. The van der Waals surface area contributed by atoms with Gasteiger partial charge >= 0.3 is 0 Å². The molecule has 5 nitrogen and oxygen atoms in total. The Balaban J connectivity index is 1.52. The highest BCUT2D eigenvalue weighted by Crippen LogP contribution is 2.19. The van der Waals surface area contributed by atoms with E-state index in [1.165, 1.54) is 11.1 Å². The molecule has 1 aliphatic rings. The van der Waals surface area contributed by atoms with E-state index in [9.17, 15) is 4.79 Å². The number of amides is 1. The molecule has 1 amide bonds. The van der Waals surface area contributed by atoms with Gasteiger partial charge in [0.25, 0.3) is 0 Å². The second-order valence-electron chi connectivity index (χ2n) is 6.18. The van der Waals surface area contributed by atoms with Crippen molar-refractivity contribution in [2.75, 3.05) is 42.9 Å². The third-order valence-electron chi connectivity index (χ3n) is 4.50. The Morgan fingerprint density at radius 1 is 1.04 bits per heavy atom. The van der Waals surface area contributed by atoms with Crippen LogP contribution in [0.5, 0.6) is 0 Å². The Bertz CT molecular complexity index is 674. The number of carbonyl (C=O) groups is 1. The summed E-state index contributed by atoms with van der Waals surface area (Å²) in [7, 11) is 0. The van der Waals surface area contributed by atoms with E-state index in [1.54, 1.807) is 6.20 Å². The second kappa shape index (κ2) is 7.34. The molecule has 2 heterocycles. The molecular weight excluding hydrogens is 300 g/mol. The predicted octanol–water partition coefficient (Wildman–Crippen LogP) is 2.46. The lowest BCUT2D eigenvalue weighted by Gasteiger charge is -2.35. The molecule has 1 aromatic heterocycles. The van der Waals surface area contributed by atoms with Crippen molar-refractivity contribution in [3.05, 3.63) is 53.7 Å². The monoisotopic (exact) mass is 324 g/mol. The summed E-state index contributed by atoms with van der Waals surface area (Å²) >= 11 is 0. The highest BCUT2D eigenvalue weighted by atomic mass is 16.2. The van der Waals surface area contributed by atoms with Gasteiger partial charge in [0.1, 0.15) is 5.82 Å². The molecule has 0 spiro atoms. The first-order chi connectivity index (χ1) is 11.6. The van der Waals surface area contributed by atoms with E-state index in [1.807, 2.05) is 29.2 Å². The fourth-order valence-corrected chi connectivity index (χ4v) is 3.09. The van der Waals surface area contributed by atoms with Gasteiger partial charge in [0.2, 0.25) is 5.91 Å². The average molecular weight is 324 g/mol. The van der Waals surface area contributed by atoms with E-state index in [0.717, 1.165) is 37.7 Å². The van der Waals surface area contributed by atoms with Crippen molar-refractivity contribution in [2.45, 2.75) is 13.8 Å². The Labute approximate surface area is 143 Å². The van der Waals surface area contributed by atoms with Gasteiger partial charge in [0.05, 0.1) is 6.54 Å². The molecule has 1 saturated heterocycles. The van der Waals surface area contributed by atoms with Crippen molar-refractivity contribution in [3.8, 4) is 0 Å². The fourth-order valence-electron chi connectivity index (χ4n) is 3.09. The molecule has 0 unspecified atom stereocenters. The average Bonchev–Trinajstić information content (AvgIpc) is 2.62. The van der Waals surface area contributed by atoms with E-state index >= 15 is 0 Å². The zero-order valence-electron chi connectivity index (χ0n) is 14.3. The van der Waals surface area contributed by atoms with Crippen LogP contribution >= 0.6 is 0 Å². The standard InChI is InChI=1S/C19H24N4O/c1-15-6-5-7-16(2)19(15)21-14-18(24)23-12-10-22(11-13-23)17-8-3-4-9-20-17/h3-9,21H,10-14H2,1-2H3. The number of hydrogen-bond donors (Lipinski definition) is 1. The molecule has 1 aliphatic heterocycles. The van der Waals surface area contributed by atoms with Gasteiger partial charge in [-0.2, -0.15) is 0 Å². The van der Waals surface area contributed by atoms with Gasteiger partial charge in [-0.05, 0) is 37.1 Å². The number of pyridine rings is 1. The number of rotatable bonds is 4. The van der Waals surface area contributed by atoms with Crippen LogP contribution in [0, 0.1) is 13.8 Å². The molecule has 0 aliphatic carbocycles. The first-order valence-corrected chi connectivity index (χ1v) is 8.39. The number of hydrogen-bond acceptors (Lipinski definition) is 4. The summed E-state index contributed by atoms with van der Waals surface area (Å²) in [5, 5.41) is 3.30. The predicted molar refractivity (Wildman–Crippen MR) is 97.4 cm³/mol. The SMILES string of the molecule is Cc1cccc(C)c1NCC(=O)N1CCN(c2ccccn2)CC1. The number of benzene rings is 1. The molecule has 0 bridgehead atoms. The van der Waals surface area contributed by atoms with Crippen LogP contribution in [0.1, 0.15) is 11.1 Å². The van der Waals surface area contributed by atoms with Crippen molar-refractivity contribution in [1.29, 1.82) is 0 Å². The topological polar surface area (TPSA) is 48.5 Å². The first kappa shape index (κ1) is 16.3. The summed E-state index contributed by atoms with van der Waals surface area (Å²) in [4.78, 5) is 21.0. The first-order valence-electron chi connectivity index (χ1n) is 8.39.